The molecule has 0 amide bonds. The molecule has 1 aliphatic rings. The monoisotopic (exact) mass is 363 g/mol. The molecule has 3 heterocycles. The molecule has 8 nitrogen and oxygen atoms in total. The Morgan fingerprint density at radius 1 is 1.15 bits per heavy atom. The molecule has 27 heavy (non-hydrogen) atoms. The molecule has 0 fully saturated rings. The molecule has 4 aromatic rings. The van der Waals surface area contributed by atoms with Crippen LogP contribution in [0.1, 0.15) is 5.56 Å². The zero-order valence-electron chi connectivity index (χ0n) is 14.0. The Morgan fingerprint density at radius 3 is 2.74 bits per heavy atom. The van der Waals surface area contributed by atoms with E-state index < -0.39 is 7.12 Å². The Labute approximate surface area is 152 Å². The lowest BCUT2D eigenvalue weighted by Crippen LogP contribution is -2.29. The highest BCUT2D eigenvalue weighted by atomic mass is 16.7. The Morgan fingerprint density at radius 2 is 1.96 bits per heavy atom. The van der Waals surface area contributed by atoms with Crippen molar-refractivity contribution in [3.63, 3.8) is 0 Å². The third kappa shape index (κ3) is 2.48. The lowest BCUT2D eigenvalue weighted by atomic mass is 9.80. The number of fused-ring (bicyclic) bond motifs is 5. The van der Waals surface area contributed by atoms with Gasteiger partial charge in [0.25, 0.3) is 0 Å². The van der Waals surface area contributed by atoms with Gasteiger partial charge in [-0.2, -0.15) is 0 Å². The molecule has 0 atom stereocenters. The Hall–Kier alpha value is -3.30. The first-order chi connectivity index (χ1) is 13.1. The molecule has 5 rings (SSSR count). The van der Waals surface area contributed by atoms with Gasteiger partial charge in [0.15, 0.2) is 11.5 Å². The minimum absolute atomic E-state index is 0.150. The van der Waals surface area contributed by atoms with E-state index in [9.17, 15) is 14.8 Å². The minimum atomic E-state index is -1.52. The van der Waals surface area contributed by atoms with E-state index in [4.69, 9.17) is 9.47 Å². The van der Waals surface area contributed by atoms with Crippen molar-refractivity contribution < 1.29 is 19.5 Å². The summed E-state index contributed by atoms with van der Waals surface area (Å²) in [6.07, 6.45) is 1.61. The van der Waals surface area contributed by atoms with Gasteiger partial charge in [-0.3, -0.25) is 4.57 Å². The lowest BCUT2D eigenvalue weighted by molar-refractivity contribution is 0.174. The van der Waals surface area contributed by atoms with Crippen molar-refractivity contribution in [1.82, 2.24) is 14.5 Å². The van der Waals surface area contributed by atoms with Gasteiger partial charge in [-0.15, -0.1) is 0 Å². The maximum atomic E-state index is 12.5. The summed E-state index contributed by atoms with van der Waals surface area (Å²) in [6.45, 7) is 0.478. The molecule has 3 N–H and O–H groups in total. The van der Waals surface area contributed by atoms with Crippen LogP contribution < -0.4 is 20.6 Å². The van der Waals surface area contributed by atoms with Crippen molar-refractivity contribution in [1.29, 1.82) is 0 Å². The molecule has 2 aromatic carbocycles. The Kier molecular flexibility index (Phi) is 3.46. The summed E-state index contributed by atoms with van der Waals surface area (Å²) in [6, 6.07) is 10.4. The highest BCUT2D eigenvalue weighted by molar-refractivity contribution is 6.58. The van der Waals surface area contributed by atoms with Crippen LogP contribution in [0.25, 0.3) is 21.9 Å². The van der Waals surface area contributed by atoms with Crippen molar-refractivity contribution in [3.8, 4) is 11.5 Å². The predicted octanol–water partition coefficient (Wildman–Crippen LogP) is 0.335. The first-order valence-electron chi connectivity index (χ1n) is 8.36. The predicted molar refractivity (Wildman–Crippen MR) is 99.4 cm³/mol. The van der Waals surface area contributed by atoms with Gasteiger partial charge < -0.3 is 24.5 Å². The number of aromatic amines is 1. The highest BCUT2D eigenvalue weighted by Crippen LogP contribution is 2.39. The zero-order chi connectivity index (χ0) is 18.5. The number of H-pyrrole nitrogens is 1. The van der Waals surface area contributed by atoms with E-state index in [-0.39, 0.29) is 12.5 Å². The fourth-order valence-electron chi connectivity index (χ4n) is 3.41. The minimum Gasteiger partial charge on any atom is -0.454 e. The van der Waals surface area contributed by atoms with Crippen LogP contribution in [0.5, 0.6) is 11.5 Å². The number of aromatic nitrogens is 3. The topological polar surface area (TPSA) is 110 Å². The van der Waals surface area contributed by atoms with Gasteiger partial charge in [-0.1, -0.05) is 24.3 Å². The van der Waals surface area contributed by atoms with Gasteiger partial charge in [-0.25, -0.2) is 9.78 Å². The van der Waals surface area contributed by atoms with Crippen LogP contribution in [-0.4, -0.2) is 38.5 Å². The fraction of sp³-hybridized carbons (Fsp3) is 0.111. The number of rotatable bonds is 3. The van der Waals surface area contributed by atoms with Crippen LogP contribution in [-0.2, 0) is 6.54 Å². The maximum absolute atomic E-state index is 12.5. The largest absolute Gasteiger partial charge is 0.488 e. The van der Waals surface area contributed by atoms with E-state index in [1.165, 1.54) is 0 Å². The Bertz CT molecular complexity index is 1230. The molecular formula is C18H14BN3O5. The molecule has 0 aliphatic carbocycles. The number of ether oxygens (including phenoxy) is 2. The highest BCUT2D eigenvalue weighted by Gasteiger charge is 2.21. The standard InChI is InChI=1S/C18H14BN3O5/c23-18-21-13-7-20-15-12(5-6-14-17(15)27-9-26-14)16(13)22(18)8-10-1-3-11(4-2-10)19(24)25/h1-7,24-25H,8-9H2,(H,21,23). The van der Waals surface area contributed by atoms with Gasteiger partial charge in [0, 0.05) is 5.39 Å². The molecule has 0 saturated carbocycles. The summed E-state index contributed by atoms with van der Waals surface area (Å²) in [5.41, 5.74) is 3.01. The molecular weight excluding hydrogens is 349 g/mol. The van der Waals surface area contributed by atoms with Crippen LogP contribution in [0, 0.1) is 0 Å². The maximum Gasteiger partial charge on any atom is 0.488 e. The van der Waals surface area contributed by atoms with E-state index in [0.717, 1.165) is 16.5 Å². The number of hydrogen-bond donors (Lipinski definition) is 3. The Balaban J connectivity index is 1.67. The molecule has 0 bridgehead atoms. The second-order valence-electron chi connectivity index (χ2n) is 6.35. The number of nitrogens with zero attached hydrogens (tertiary/aromatic N) is 2. The van der Waals surface area contributed by atoms with Gasteiger partial charge >= 0.3 is 12.8 Å². The molecule has 0 spiro atoms. The third-order valence-corrected chi connectivity index (χ3v) is 4.72. The molecule has 0 unspecified atom stereocenters. The van der Waals surface area contributed by atoms with Crippen molar-refractivity contribution in [3.05, 3.63) is 58.6 Å². The quantitative estimate of drug-likeness (QED) is 0.453. The first-order valence-corrected chi connectivity index (χ1v) is 8.36. The number of nitrogens with one attached hydrogen (secondary N) is 1. The summed E-state index contributed by atoms with van der Waals surface area (Å²) >= 11 is 0. The molecule has 0 radical (unpaired) electrons. The van der Waals surface area contributed by atoms with Crippen molar-refractivity contribution in [2.24, 2.45) is 0 Å². The summed E-state index contributed by atoms with van der Waals surface area (Å²) in [5, 5.41) is 19.2. The number of benzene rings is 2. The normalized spacial score (nSPS) is 12.8. The van der Waals surface area contributed by atoms with Crippen LogP contribution in [0.4, 0.5) is 0 Å². The smallest absolute Gasteiger partial charge is 0.454 e. The fourth-order valence-corrected chi connectivity index (χ4v) is 3.41. The second-order valence-corrected chi connectivity index (χ2v) is 6.35. The van der Waals surface area contributed by atoms with E-state index in [0.29, 0.717) is 34.5 Å². The van der Waals surface area contributed by atoms with Crippen LogP contribution in [0.3, 0.4) is 0 Å². The summed E-state index contributed by atoms with van der Waals surface area (Å²) < 4.78 is 12.6. The SMILES string of the molecule is O=c1[nH]c2cnc3c4c(ccc3c2n1Cc1ccc(B(O)O)cc1)OCO4. The lowest BCUT2D eigenvalue weighted by Gasteiger charge is -2.08. The summed E-state index contributed by atoms with van der Waals surface area (Å²) in [4.78, 5) is 19.8. The second kappa shape index (κ2) is 5.87. The van der Waals surface area contributed by atoms with Crippen LogP contribution in [0.2, 0.25) is 0 Å². The average molecular weight is 363 g/mol. The zero-order valence-corrected chi connectivity index (χ0v) is 14.0. The molecule has 134 valence electrons. The van der Waals surface area contributed by atoms with Crippen molar-refractivity contribution in [2.45, 2.75) is 6.54 Å². The van der Waals surface area contributed by atoms with E-state index in [1.807, 2.05) is 12.1 Å². The van der Waals surface area contributed by atoms with E-state index in [2.05, 4.69) is 9.97 Å². The van der Waals surface area contributed by atoms with E-state index >= 15 is 0 Å². The molecule has 2 aromatic heterocycles. The van der Waals surface area contributed by atoms with Crippen molar-refractivity contribution >= 4 is 34.5 Å². The van der Waals surface area contributed by atoms with E-state index in [1.54, 1.807) is 35.0 Å². The van der Waals surface area contributed by atoms with Gasteiger partial charge in [0.1, 0.15) is 5.52 Å². The van der Waals surface area contributed by atoms with Crippen LogP contribution in [0.15, 0.2) is 47.4 Å². The number of imidazole rings is 1. The first kappa shape index (κ1) is 15.9. The molecule has 9 heteroatoms. The summed E-state index contributed by atoms with van der Waals surface area (Å²) in [5.74, 6) is 1.22. The summed E-state index contributed by atoms with van der Waals surface area (Å²) in [7, 11) is -1.52. The number of hydrogen-bond acceptors (Lipinski definition) is 6. The number of pyridine rings is 1. The van der Waals surface area contributed by atoms with Gasteiger partial charge in [0.2, 0.25) is 6.79 Å². The van der Waals surface area contributed by atoms with Gasteiger partial charge in [-0.05, 0) is 23.2 Å². The molecule has 0 saturated heterocycles. The third-order valence-electron chi connectivity index (χ3n) is 4.72. The van der Waals surface area contributed by atoms with Crippen molar-refractivity contribution in [2.75, 3.05) is 6.79 Å². The molecule has 1 aliphatic heterocycles. The average Bonchev–Trinajstić information content (AvgIpc) is 3.26. The van der Waals surface area contributed by atoms with Gasteiger partial charge in [0.05, 0.1) is 23.8 Å². The van der Waals surface area contributed by atoms with Crippen LogP contribution >= 0.6 is 0 Å².